The van der Waals surface area contributed by atoms with E-state index in [-0.39, 0.29) is 4.92 Å². The summed E-state index contributed by atoms with van der Waals surface area (Å²) in [5.74, 6) is 0. The first kappa shape index (κ1) is 24.3. The summed E-state index contributed by atoms with van der Waals surface area (Å²) in [6, 6.07) is 0. The minimum Gasteiger partial charge on any atom is -0.297 e. The van der Waals surface area contributed by atoms with E-state index in [9.17, 15) is 10.1 Å². The maximum absolute atomic E-state index is 11.9. The molecule has 0 unspecified atom stereocenters. The number of unbranched alkanes of at least 4 members (excludes halogenated alkanes) is 4. The van der Waals surface area contributed by atoms with Crippen molar-refractivity contribution in [3.8, 4) is 0 Å². The Morgan fingerprint density at radius 3 is 1.20 bits per heavy atom. The summed E-state index contributed by atoms with van der Waals surface area (Å²) in [5.41, 5.74) is -0.886. The molecule has 150 valence electrons. The van der Waals surface area contributed by atoms with Crippen LogP contribution in [-0.4, -0.2) is 59.5 Å². The Kier molecular flexibility index (Phi) is 14.1. The highest BCUT2D eigenvalue weighted by Gasteiger charge is 2.40. The largest absolute Gasteiger partial charge is 0.297 e. The molecular formula is C20H43N3O2. The lowest BCUT2D eigenvalue weighted by Crippen LogP contribution is -2.54. The van der Waals surface area contributed by atoms with Gasteiger partial charge >= 0.3 is 0 Å². The fourth-order valence-corrected chi connectivity index (χ4v) is 3.20. The van der Waals surface area contributed by atoms with Crippen LogP contribution < -0.4 is 0 Å². The Morgan fingerprint density at radius 2 is 1.00 bits per heavy atom. The first-order valence-corrected chi connectivity index (χ1v) is 10.5. The molecule has 0 aliphatic heterocycles. The fraction of sp³-hybridized carbons (Fsp3) is 1.00. The van der Waals surface area contributed by atoms with Gasteiger partial charge < -0.3 is 0 Å². The molecule has 0 aromatic heterocycles. The molecule has 0 bridgehead atoms. The molecule has 0 N–H and O–H groups in total. The van der Waals surface area contributed by atoms with Crippen molar-refractivity contribution in [2.45, 2.75) is 91.5 Å². The molecule has 0 aromatic rings. The smallest absolute Gasteiger partial charge is 0.244 e. The molecule has 5 heteroatoms. The van der Waals surface area contributed by atoms with Crippen molar-refractivity contribution in [2.75, 3.05) is 39.3 Å². The second kappa shape index (κ2) is 14.5. The quantitative estimate of drug-likeness (QED) is 0.276. The molecule has 0 atom stereocenters. The molecule has 25 heavy (non-hydrogen) atoms. The molecule has 0 heterocycles. The Labute approximate surface area is 156 Å². The van der Waals surface area contributed by atoms with Crippen LogP contribution in [0.3, 0.4) is 0 Å². The van der Waals surface area contributed by atoms with Crippen LogP contribution in [0.5, 0.6) is 0 Å². The average Bonchev–Trinajstić information content (AvgIpc) is 2.59. The lowest BCUT2D eigenvalue weighted by Gasteiger charge is -2.33. The molecule has 0 radical (unpaired) electrons. The summed E-state index contributed by atoms with van der Waals surface area (Å²) < 4.78 is 0. The first-order chi connectivity index (χ1) is 11.9. The van der Waals surface area contributed by atoms with E-state index >= 15 is 0 Å². The van der Waals surface area contributed by atoms with Gasteiger partial charge in [0.15, 0.2) is 0 Å². The summed E-state index contributed by atoms with van der Waals surface area (Å²) >= 11 is 0. The Balaban J connectivity index is 5.01. The van der Waals surface area contributed by atoms with Crippen molar-refractivity contribution in [3.63, 3.8) is 0 Å². The SMILES string of the molecule is CCCCN(CCCC)CC(C)(CN(CCCC)CCCC)[N+](=O)[O-]. The van der Waals surface area contributed by atoms with Crippen LogP contribution in [0.25, 0.3) is 0 Å². The molecule has 0 rings (SSSR count). The van der Waals surface area contributed by atoms with E-state index in [2.05, 4.69) is 37.5 Å². The number of hydrogen-bond donors (Lipinski definition) is 0. The molecule has 0 aliphatic carbocycles. The van der Waals surface area contributed by atoms with E-state index in [1.54, 1.807) is 0 Å². The molecular weight excluding hydrogens is 314 g/mol. The lowest BCUT2D eigenvalue weighted by atomic mass is 10.0. The van der Waals surface area contributed by atoms with Crippen LogP contribution in [0.2, 0.25) is 0 Å². The minimum atomic E-state index is -0.886. The van der Waals surface area contributed by atoms with Gasteiger partial charge in [-0.2, -0.15) is 0 Å². The molecule has 0 saturated carbocycles. The second-order valence-electron chi connectivity index (χ2n) is 7.72. The molecule has 0 fully saturated rings. The normalized spacial score (nSPS) is 12.3. The molecule has 0 amide bonds. The highest BCUT2D eigenvalue weighted by Crippen LogP contribution is 2.17. The number of nitrogens with zero attached hydrogens (tertiary/aromatic N) is 3. The van der Waals surface area contributed by atoms with E-state index in [0.29, 0.717) is 13.1 Å². The predicted molar refractivity (Wildman–Crippen MR) is 108 cm³/mol. The zero-order valence-corrected chi connectivity index (χ0v) is 17.6. The zero-order valence-electron chi connectivity index (χ0n) is 17.6. The second-order valence-corrected chi connectivity index (χ2v) is 7.72. The molecule has 0 saturated heterocycles. The van der Waals surface area contributed by atoms with Crippen LogP contribution in [0, 0.1) is 10.1 Å². The van der Waals surface area contributed by atoms with Gasteiger partial charge in [-0.1, -0.05) is 53.4 Å². The molecule has 0 spiro atoms. The van der Waals surface area contributed by atoms with E-state index in [4.69, 9.17) is 0 Å². The summed E-state index contributed by atoms with van der Waals surface area (Å²) in [6.45, 7) is 15.6. The van der Waals surface area contributed by atoms with E-state index in [0.717, 1.165) is 77.5 Å². The topological polar surface area (TPSA) is 49.6 Å². The first-order valence-electron chi connectivity index (χ1n) is 10.5. The van der Waals surface area contributed by atoms with Gasteiger partial charge in [0.2, 0.25) is 5.54 Å². The van der Waals surface area contributed by atoms with Gasteiger partial charge in [-0.05, 0) is 51.9 Å². The Morgan fingerprint density at radius 1 is 0.720 bits per heavy atom. The van der Waals surface area contributed by atoms with E-state index in [1.165, 1.54) is 0 Å². The van der Waals surface area contributed by atoms with Crippen molar-refractivity contribution in [1.29, 1.82) is 0 Å². The third-order valence-electron chi connectivity index (χ3n) is 4.88. The van der Waals surface area contributed by atoms with Gasteiger partial charge in [0, 0.05) is 11.8 Å². The van der Waals surface area contributed by atoms with Gasteiger partial charge in [0.25, 0.3) is 0 Å². The highest BCUT2D eigenvalue weighted by atomic mass is 16.6. The predicted octanol–water partition coefficient (Wildman–Crippen LogP) is 4.83. The summed E-state index contributed by atoms with van der Waals surface area (Å²) in [7, 11) is 0. The lowest BCUT2D eigenvalue weighted by molar-refractivity contribution is -0.566. The van der Waals surface area contributed by atoms with Crippen LogP contribution in [0.1, 0.15) is 86.0 Å². The van der Waals surface area contributed by atoms with Crippen LogP contribution in [0.15, 0.2) is 0 Å². The van der Waals surface area contributed by atoms with Gasteiger partial charge in [-0.15, -0.1) is 0 Å². The van der Waals surface area contributed by atoms with Crippen LogP contribution in [0.4, 0.5) is 0 Å². The van der Waals surface area contributed by atoms with Gasteiger partial charge in [-0.25, -0.2) is 0 Å². The fourth-order valence-electron chi connectivity index (χ4n) is 3.20. The number of hydrogen-bond acceptors (Lipinski definition) is 4. The Bertz CT molecular complexity index is 299. The molecule has 0 aliphatic rings. The number of nitro groups is 1. The van der Waals surface area contributed by atoms with Crippen LogP contribution >= 0.6 is 0 Å². The van der Waals surface area contributed by atoms with Gasteiger partial charge in [-0.3, -0.25) is 19.9 Å². The van der Waals surface area contributed by atoms with Crippen molar-refractivity contribution in [3.05, 3.63) is 10.1 Å². The van der Waals surface area contributed by atoms with Crippen molar-refractivity contribution < 1.29 is 4.92 Å². The summed E-state index contributed by atoms with van der Waals surface area (Å²) in [6.07, 6.45) is 9.02. The van der Waals surface area contributed by atoms with E-state index < -0.39 is 5.54 Å². The molecule has 5 nitrogen and oxygen atoms in total. The van der Waals surface area contributed by atoms with Crippen molar-refractivity contribution in [1.82, 2.24) is 9.80 Å². The summed E-state index contributed by atoms with van der Waals surface area (Å²) in [4.78, 5) is 16.6. The standard InChI is InChI=1S/C20H43N3O2/c1-6-10-14-21(15-11-7-2)18-20(5,23(24)25)19-22(16-12-8-3)17-13-9-4/h6-19H2,1-5H3. The highest BCUT2D eigenvalue weighted by molar-refractivity contribution is 4.83. The number of rotatable bonds is 17. The maximum Gasteiger partial charge on any atom is 0.244 e. The van der Waals surface area contributed by atoms with Crippen LogP contribution in [-0.2, 0) is 0 Å². The van der Waals surface area contributed by atoms with Crippen molar-refractivity contribution in [2.24, 2.45) is 0 Å². The Hall–Kier alpha value is -0.680. The molecule has 0 aromatic carbocycles. The third-order valence-corrected chi connectivity index (χ3v) is 4.88. The summed E-state index contributed by atoms with van der Waals surface area (Å²) in [5, 5.41) is 11.9. The average molecular weight is 358 g/mol. The van der Waals surface area contributed by atoms with Crippen molar-refractivity contribution >= 4 is 0 Å². The van der Waals surface area contributed by atoms with Gasteiger partial charge in [0.1, 0.15) is 0 Å². The maximum atomic E-state index is 11.9. The zero-order chi connectivity index (χ0) is 19.1. The van der Waals surface area contributed by atoms with Gasteiger partial charge in [0.05, 0.1) is 13.1 Å². The minimum absolute atomic E-state index is 0.0250. The monoisotopic (exact) mass is 357 g/mol. The van der Waals surface area contributed by atoms with E-state index in [1.807, 2.05) is 6.92 Å². The third kappa shape index (κ3) is 10.8.